The van der Waals surface area contributed by atoms with Crippen LogP contribution < -0.4 is 0 Å². The Kier molecular flexibility index (Phi) is 5.25. The molecule has 5 nitrogen and oxygen atoms in total. The molecule has 7 heteroatoms. The van der Waals surface area contributed by atoms with Crippen LogP contribution in [0.4, 0.5) is 4.39 Å². The third-order valence-corrected chi connectivity index (χ3v) is 4.32. The third kappa shape index (κ3) is 4.07. The largest absolute Gasteiger partial charge is 0.378 e. The van der Waals surface area contributed by atoms with Crippen molar-refractivity contribution in [3.05, 3.63) is 40.9 Å². The van der Waals surface area contributed by atoms with Crippen molar-refractivity contribution in [3.8, 4) is 5.69 Å². The molecule has 0 bridgehead atoms. The van der Waals surface area contributed by atoms with Crippen molar-refractivity contribution in [2.75, 3.05) is 19.7 Å². The molecule has 1 aromatic carbocycles. The maximum atomic E-state index is 13.2. The average Bonchev–Trinajstić information content (AvgIpc) is 3.01. The maximum absolute atomic E-state index is 13.2. The number of piperidine rings is 1. The van der Waals surface area contributed by atoms with Gasteiger partial charge in [-0.1, -0.05) is 16.8 Å². The van der Waals surface area contributed by atoms with Crippen LogP contribution in [0.2, 0.25) is 5.02 Å². The summed E-state index contributed by atoms with van der Waals surface area (Å²) in [5.74, 6) is -0.437. The van der Waals surface area contributed by atoms with Crippen molar-refractivity contribution < 1.29 is 9.13 Å². The number of hydrogen-bond donors (Lipinski definition) is 0. The lowest BCUT2D eigenvalue weighted by atomic mass is 10.1. The number of hydrogen-bond acceptors (Lipinski definition) is 4. The summed E-state index contributed by atoms with van der Waals surface area (Å²) in [6.07, 6.45) is 4.34. The molecule has 1 aliphatic heterocycles. The highest BCUT2D eigenvalue weighted by molar-refractivity contribution is 6.30. The minimum atomic E-state index is -0.437. The second-order valence-corrected chi connectivity index (χ2v) is 6.09. The standard InChI is InChI=1S/C16H20ClFN4O/c1-2-23-14-5-7-21(8-6-14)10-12-11-22(20-19-12)13-3-4-16(18)15(17)9-13/h3-4,9,11,14H,2,5-8,10H2,1H3. The van der Waals surface area contributed by atoms with E-state index < -0.39 is 5.82 Å². The molecule has 1 aromatic heterocycles. The first kappa shape index (κ1) is 16.4. The van der Waals surface area contributed by atoms with E-state index in [1.165, 1.54) is 6.07 Å². The molecule has 0 unspecified atom stereocenters. The average molecular weight is 339 g/mol. The summed E-state index contributed by atoms with van der Waals surface area (Å²) in [6, 6.07) is 4.51. The second-order valence-electron chi connectivity index (χ2n) is 5.68. The fourth-order valence-corrected chi connectivity index (χ4v) is 3.00. The summed E-state index contributed by atoms with van der Waals surface area (Å²) in [6.45, 7) is 5.57. The first-order chi connectivity index (χ1) is 11.2. The molecule has 23 heavy (non-hydrogen) atoms. The number of nitrogens with zero attached hydrogens (tertiary/aromatic N) is 4. The molecule has 0 amide bonds. The fraction of sp³-hybridized carbons (Fsp3) is 0.500. The third-order valence-electron chi connectivity index (χ3n) is 4.03. The lowest BCUT2D eigenvalue weighted by Crippen LogP contribution is -2.36. The smallest absolute Gasteiger partial charge is 0.141 e. The Hall–Kier alpha value is -1.50. The van der Waals surface area contributed by atoms with Gasteiger partial charge in [-0.05, 0) is 38.0 Å². The van der Waals surface area contributed by atoms with Crippen molar-refractivity contribution in [2.45, 2.75) is 32.4 Å². The number of rotatable bonds is 5. The number of aromatic nitrogens is 3. The Morgan fingerprint density at radius 3 is 2.83 bits per heavy atom. The van der Waals surface area contributed by atoms with Crippen molar-refractivity contribution in [1.29, 1.82) is 0 Å². The zero-order chi connectivity index (χ0) is 16.2. The van der Waals surface area contributed by atoms with E-state index in [2.05, 4.69) is 15.2 Å². The number of halogens is 2. The van der Waals surface area contributed by atoms with Crippen molar-refractivity contribution in [1.82, 2.24) is 19.9 Å². The Morgan fingerprint density at radius 1 is 1.35 bits per heavy atom. The highest BCUT2D eigenvalue weighted by atomic mass is 35.5. The second kappa shape index (κ2) is 7.38. The molecular weight excluding hydrogens is 319 g/mol. The van der Waals surface area contributed by atoms with E-state index in [1.54, 1.807) is 16.8 Å². The first-order valence-electron chi connectivity index (χ1n) is 7.86. The van der Waals surface area contributed by atoms with E-state index >= 15 is 0 Å². The van der Waals surface area contributed by atoms with Gasteiger partial charge in [0.25, 0.3) is 0 Å². The predicted octanol–water partition coefficient (Wildman–Crippen LogP) is 3.06. The fourth-order valence-electron chi connectivity index (χ4n) is 2.82. The number of likely N-dealkylation sites (tertiary alicyclic amines) is 1. The first-order valence-corrected chi connectivity index (χ1v) is 8.24. The number of benzene rings is 1. The van der Waals surface area contributed by atoms with E-state index in [1.807, 2.05) is 13.1 Å². The topological polar surface area (TPSA) is 43.2 Å². The molecule has 0 aliphatic carbocycles. The van der Waals surface area contributed by atoms with Crippen LogP contribution in [0.5, 0.6) is 0 Å². The minimum absolute atomic E-state index is 0.0811. The summed E-state index contributed by atoms with van der Waals surface area (Å²) in [5, 5.41) is 8.38. The van der Waals surface area contributed by atoms with Gasteiger partial charge >= 0.3 is 0 Å². The van der Waals surface area contributed by atoms with Crippen LogP contribution >= 0.6 is 11.6 Å². The van der Waals surface area contributed by atoms with Gasteiger partial charge in [0.1, 0.15) is 5.82 Å². The van der Waals surface area contributed by atoms with Crippen LogP contribution in [0.1, 0.15) is 25.5 Å². The lowest BCUT2D eigenvalue weighted by Gasteiger charge is -2.30. The molecular formula is C16H20ClFN4O. The van der Waals surface area contributed by atoms with E-state index in [9.17, 15) is 4.39 Å². The summed E-state index contributed by atoms with van der Waals surface area (Å²) < 4.78 is 20.5. The van der Waals surface area contributed by atoms with E-state index in [0.717, 1.165) is 44.8 Å². The predicted molar refractivity (Wildman–Crippen MR) is 86.3 cm³/mol. The molecule has 124 valence electrons. The van der Waals surface area contributed by atoms with E-state index in [4.69, 9.17) is 16.3 Å². The van der Waals surface area contributed by atoms with Gasteiger partial charge in [-0.15, -0.1) is 5.10 Å². The zero-order valence-corrected chi connectivity index (χ0v) is 13.8. The highest BCUT2D eigenvalue weighted by Crippen LogP contribution is 2.19. The summed E-state index contributed by atoms with van der Waals surface area (Å²) in [4.78, 5) is 2.35. The Bertz CT molecular complexity index is 655. The van der Waals surface area contributed by atoms with Gasteiger partial charge in [-0.25, -0.2) is 9.07 Å². The van der Waals surface area contributed by atoms with Crippen LogP contribution in [0.25, 0.3) is 5.69 Å². The molecule has 2 aromatic rings. The van der Waals surface area contributed by atoms with Crippen LogP contribution in [-0.2, 0) is 11.3 Å². The molecule has 1 aliphatic rings. The quantitative estimate of drug-likeness (QED) is 0.840. The molecule has 1 fully saturated rings. The maximum Gasteiger partial charge on any atom is 0.141 e. The van der Waals surface area contributed by atoms with Gasteiger partial charge in [0.2, 0.25) is 0 Å². The van der Waals surface area contributed by atoms with Gasteiger partial charge in [0, 0.05) is 26.2 Å². The van der Waals surface area contributed by atoms with Crippen molar-refractivity contribution in [2.24, 2.45) is 0 Å². The number of ether oxygens (including phenoxy) is 1. The van der Waals surface area contributed by atoms with Gasteiger partial charge in [0.15, 0.2) is 0 Å². The molecule has 0 saturated carbocycles. The molecule has 1 saturated heterocycles. The van der Waals surface area contributed by atoms with Crippen LogP contribution in [0, 0.1) is 5.82 Å². The summed E-state index contributed by atoms with van der Waals surface area (Å²) in [5.41, 5.74) is 1.59. The normalized spacial score (nSPS) is 16.8. The van der Waals surface area contributed by atoms with E-state index in [-0.39, 0.29) is 5.02 Å². The molecule has 0 spiro atoms. The van der Waals surface area contributed by atoms with Gasteiger partial charge < -0.3 is 4.74 Å². The molecule has 0 atom stereocenters. The molecule has 2 heterocycles. The van der Waals surface area contributed by atoms with Crippen LogP contribution in [0.3, 0.4) is 0 Å². The van der Waals surface area contributed by atoms with E-state index in [0.29, 0.717) is 11.8 Å². The summed E-state index contributed by atoms with van der Waals surface area (Å²) >= 11 is 5.81. The highest BCUT2D eigenvalue weighted by Gasteiger charge is 2.20. The molecule has 0 radical (unpaired) electrons. The van der Waals surface area contributed by atoms with Gasteiger partial charge in [0.05, 0.1) is 28.7 Å². The van der Waals surface area contributed by atoms with Crippen molar-refractivity contribution in [3.63, 3.8) is 0 Å². The Labute approximate surface area is 140 Å². The Morgan fingerprint density at radius 2 is 2.13 bits per heavy atom. The molecule has 0 N–H and O–H groups in total. The minimum Gasteiger partial charge on any atom is -0.378 e. The summed E-state index contributed by atoms with van der Waals surface area (Å²) in [7, 11) is 0. The van der Waals surface area contributed by atoms with Crippen LogP contribution in [-0.4, -0.2) is 45.7 Å². The van der Waals surface area contributed by atoms with Gasteiger partial charge in [-0.3, -0.25) is 4.90 Å². The van der Waals surface area contributed by atoms with Crippen molar-refractivity contribution >= 4 is 11.6 Å². The SMILES string of the molecule is CCOC1CCN(Cc2cn(-c3ccc(F)c(Cl)c3)nn2)CC1. The molecule has 3 rings (SSSR count). The zero-order valence-electron chi connectivity index (χ0n) is 13.1. The lowest BCUT2D eigenvalue weighted by molar-refractivity contribution is 0.0122. The Balaban J connectivity index is 1.60. The van der Waals surface area contributed by atoms with Crippen LogP contribution in [0.15, 0.2) is 24.4 Å². The van der Waals surface area contributed by atoms with Gasteiger partial charge in [-0.2, -0.15) is 0 Å². The monoisotopic (exact) mass is 338 g/mol.